The summed E-state index contributed by atoms with van der Waals surface area (Å²) in [5.74, 6) is 0.865. The van der Waals surface area contributed by atoms with Gasteiger partial charge in [-0.3, -0.25) is 0 Å². The molecular formula is C9H19N. The summed E-state index contributed by atoms with van der Waals surface area (Å²) in [6.07, 6.45) is 1.33. The highest BCUT2D eigenvalue weighted by atomic mass is 14.9. The second kappa shape index (κ2) is 2.54. The molecule has 1 rings (SSSR count). The highest BCUT2D eigenvalue weighted by Gasteiger charge is 2.31. The SMILES string of the molecule is CC1CC(C)C(C)(C)CN1. The lowest BCUT2D eigenvalue weighted by Crippen LogP contribution is -2.46. The quantitative estimate of drug-likeness (QED) is 0.544. The average molecular weight is 141 g/mol. The maximum Gasteiger partial charge on any atom is 0.00417 e. The first-order valence-corrected chi connectivity index (χ1v) is 4.26. The topological polar surface area (TPSA) is 12.0 Å². The maximum absolute atomic E-state index is 3.50. The highest BCUT2D eigenvalue weighted by molar-refractivity contribution is 4.85. The third-order valence-electron chi connectivity index (χ3n) is 2.95. The van der Waals surface area contributed by atoms with E-state index in [0.29, 0.717) is 5.41 Å². The predicted octanol–water partition coefficient (Wildman–Crippen LogP) is 2.03. The van der Waals surface area contributed by atoms with Gasteiger partial charge in [0, 0.05) is 12.6 Å². The van der Waals surface area contributed by atoms with Crippen molar-refractivity contribution in [1.82, 2.24) is 5.32 Å². The zero-order chi connectivity index (χ0) is 7.78. The molecule has 0 aromatic carbocycles. The van der Waals surface area contributed by atoms with Crippen LogP contribution in [0.3, 0.4) is 0 Å². The fourth-order valence-corrected chi connectivity index (χ4v) is 1.54. The second-order valence-electron chi connectivity index (χ2n) is 4.41. The molecule has 1 heteroatoms. The van der Waals surface area contributed by atoms with Crippen LogP contribution in [-0.4, -0.2) is 12.6 Å². The third kappa shape index (κ3) is 1.51. The van der Waals surface area contributed by atoms with Gasteiger partial charge < -0.3 is 5.32 Å². The highest BCUT2D eigenvalue weighted by Crippen LogP contribution is 2.32. The molecule has 0 spiro atoms. The van der Waals surface area contributed by atoms with E-state index in [-0.39, 0.29) is 0 Å². The van der Waals surface area contributed by atoms with Crippen LogP contribution in [-0.2, 0) is 0 Å². The van der Waals surface area contributed by atoms with Gasteiger partial charge in [-0.15, -0.1) is 0 Å². The van der Waals surface area contributed by atoms with Crippen LogP contribution in [0.15, 0.2) is 0 Å². The van der Waals surface area contributed by atoms with Gasteiger partial charge in [-0.25, -0.2) is 0 Å². The molecule has 2 unspecified atom stereocenters. The van der Waals surface area contributed by atoms with Gasteiger partial charge >= 0.3 is 0 Å². The van der Waals surface area contributed by atoms with E-state index in [1.807, 2.05) is 0 Å². The van der Waals surface area contributed by atoms with Gasteiger partial charge in [0.2, 0.25) is 0 Å². The number of piperidine rings is 1. The molecule has 0 radical (unpaired) electrons. The molecule has 0 aliphatic carbocycles. The number of hydrogen-bond donors (Lipinski definition) is 1. The van der Waals surface area contributed by atoms with Gasteiger partial charge in [0.1, 0.15) is 0 Å². The minimum atomic E-state index is 0.506. The molecule has 0 amide bonds. The number of hydrogen-bond acceptors (Lipinski definition) is 1. The van der Waals surface area contributed by atoms with Gasteiger partial charge in [0.05, 0.1) is 0 Å². The van der Waals surface area contributed by atoms with Crippen molar-refractivity contribution in [2.45, 2.75) is 40.2 Å². The Morgan fingerprint density at radius 3 is 2.30 bits per heavy atom. The van der Waals surface area contributed by atoms with Crippen molar-refractivity contribution in [3.05, 3.63) is 0 Å². The maximum atomic E-state index is 3.50. The van der Waals surface area contributed by atoms with Crippen molar-refractivity contribution in [2.24, 2.45) is 11.3 Å². The van der Waals surface area contributed by atoms with E-state index in [0.717, 1.165) is 12.0 Å². The molecule has 0 saturated carbocycles. The summed E-state index contributed by atoms with van der Waals surface area (Å²) in [7, 11) is 0. The molecule has 2 atom stereocenters. The van der Waals surface area contributed by atoms with Gasteiger partial charge in [-0.05, 0) is 24.7 Å². The molecule has 0 aromatic rings. The molecule has 1 fully saturated rings. The number of rotatable bonds is 0. The predicted molar refractivity (Wildman–Crippen MR) is 45.0 cm³/mol. The first-order chi connectivity index (χ1) is 4.52. The Hall–Kier alpha value is -0.0400. The van der Waals surface area contributed by atoms with E-state index in [1.165, 1.54) is 13.0 Å². The van der Waals surface area contributed by atoms with Crippen molar-refractivity contribution in [3.63, 3.8) is 0 Å². The van der Waals surface area contributed by atoms with Crippen LogP contribution >= 0.6 is 0 Å². The lowest BCUT2D eigenvalue weighted by molar-refractivity contribution is 0.145. The molecule has 60 valence electrons. The first kappa shape index (κ1) is 8.06. The zero-order valence-electron chi connectivity index (χ0n) is 7.57. The van der Waals surface area contributed by atoms with E-state index in [1.54, 1.807) is 0 Å². The molecule has 1 N–H and O–H groups in total. The molecule has 0 bridgehead atoms. The molecule has 1 saturated heterocycles. The van der Waals surface area contributed by atoms with E-state index in [2.05, 4.69) is 33.0 Å². The Bertz CT molecular complexity index is 118. The van der Waals surface area contributed by atoms with Crippen LogP contribution in [0.1, 0.15) is 34.1 Å². The lowest BCUT2D eigenvalue weighted by atomic mass is 9.74. The van der Waals surface area contributed by atoms with Crippen molar-refractivity contribution < 1.29 is 0 Å². The normalized spacial score (nSPS) is 39.6. The molecule has 1 heterocycles. The third-order valence-corrected chi connectivity index (χ3v) is 2.95. The summed E-state index contributed by atoms with van der Waals surface area (Å²) in [4.78, 5) is 0. The van der Waals surface area contributed by atoms with Gasteiger partial charge in [0.15, 0.2) is 0 Å². The molecule has 1 aliphatic heterocycles. The molecule has 1 nitrogen and oxygen atoms in total. The van der Waals surface area contributed by atoms with Crippen molar-refractivity contribution >= 4 is 0 Å². The molecule has 1 aliphatic rings. The zero-order valence-corrected chi connectivity index (χ0v) is 7.57. The smallest absolute Gasteiger partial charge is 0.00417 e. The fourth-order valence-electron chi connectivity index (χ4n) is 1.54. The fraction of sp³-hybridized carbons (Fsp3) is 1.00. The Morgan fingerprint density at radius 2 is 1.90 bits per heavy atom. The summed E-state index contributed by atoms with van der Waals surface area (Å²) in [6.45, 7) is 10.5. The monoisotopic (exact) mass is 141 g/mol. The van der Waals surface area contributed by atoms with Crippen molar-refractivity contribution in [1.29, 1.82) is 0 Å². The summed E-state index contributed by atoms with van der Waals surface area (Å²) >= 11 is 0. The van der Waals surface area contributed by atoms with Crippen LogP contribution < -0.4 is 5.32 Å². The summed E-state index contributed by atoms with van der Waals surface area (Å²) < 4.78 is 0. The minimum Gasteiger partial charge on any atom is -0.314 e. The summed E-state index contributed by atoms with van der Waals surface area (Å²) in [6, 6.07) is 0.725. The average Bonchev–Trinajstić information content (AvgIpc) is 1.81. The Morgan fingerprint density at radius 1 is 1.30 bits per heavy atom. The Kier molecular flexibility index (Phi) is 2.04. The van der Waals surface area contributed by atoms with Crippen molar-refractivity contribution in [3.8, 4) is 0 Å². The lowest BCUT2D eigenvalue weighted by Gasteiger charge is -2.40. The van der Waals surface area contributed by atoms with Gasteiger partial charge in [-0.1, -0.05) is 20.8 Å². The first-order valence-electron chi connectivity index (χ1n) is 4.26. The largest absolute Gasteiger partial charge is 0.314 e. The van der Waals surface area contributed by atoms with Crippen LogP contribution in [0, 0.1) is 11.3 Å². The standard InChI is InChI=1S/C9H19N/c1-7-5-8(2)10-6-9(7,3)4/h7-8,10H,5-6H2,1-4H3. The van der Waals surface area contributed by atoms with E-state index >= 15 is 0 Å². The van der Waals surface area contributed by atoms with Gasteiger partial charge in [-0.2, -0.15) is 0 Å². The van der Waals surface area contributed by atoms with E-state index in [9.17, 15) is 0 Å². The van der Waals surface area contributed by atoms with E-state index < -0.39 is 0 Å². The molecular weight excluding hydrogens is 122 g/mol. The molecule has 0 aromatic heterocycles. The van der Waals surface area contributed by atoms with Crippen molar-refractivity contribution in [2.75, 3.05) is 6.54 Å². The van der Waals surface area contributed by atoms with Crippen LogP contribution in [0.5, 0.6) is 0 Å². The van der Waals surface area contributed by atoms with E-state index in [4.69, 9.17) is 0 Å². The number of nitrogens with one attached hydrogen (secondary N) is 1. The summed E-state index contributed by atoms with van der Waals surface area (Å²) in [5.41, 5.74) is 0.506. The summed E-state index contributed by atoms with van der Waals surface area (Å²) in [5, 5.41) is 3.50. The minimum absolute atomic E-state index is 0.506. The molecule has 10 heavy (non-hydrogen) atoms. The van der Waals surface area contributed by atoms with Crippen LogP contribution in [0.4, 0.5) is 0 Å². The second-order valence-corrected chi connectivity index (χ2v) is 4.41. The Labute approximate surface area is 64.2 Å². The van der Waals surface area contributed by atoms with Gasteiger partial charge in [0.25, 0.3) is 0 Å². The van der Waals surface area contributed by atoms with Crippen LogP contribution in [0.25, 0.3) is 0 Å². The van der Waals surface area contributed by atoms with Crippen LogP contribution in [0.2, 0.25) is 0 Å². The Balaban J connectivity index is 2.52.